The van der Waals surface area contributed by atoms with Gasteiger partial charge in [-0.2, -0.15) is 0 Å². The normalized spacial score (nSPS) is 17.6. The molecule has 0 N–H and O–H groups in total. The summed E-state index contributed by atoms with van der Waals surface area (Å²) in [5.41, 5.74) is 0. The standard InChI is InChI=1S/C3H3.2Sb/c1-3-2;;/h3H,1H2;;. The van der Waals surface area contributed by atoms with Gasteiger partial charge in [-0.25, -0.2) is 0 Å². The van der Waals surface area contributed by atoms with Gasteiger partial charge in [0, 0.05) is 0 Å². The Morgan fingerprint density at radius 1 is 1.80 bits per heavy atom. The van der Waals surface area contributed by atoms with Gasteiger partial charge in [-0.05, 0) is 0 Å². The maximum atomic E-state index is 3.31. The van der Waals surface area contributed by atoms with E-state index in [0.717, 1.165) is 0 Å². The average molecular weight is 283 g/mol. The van der Waals surface area contributed by atoms with Gasteiger partial charge in [0.05, 0.1) is 0 Å². The topological polar surface area (TPSA) is 0 Å². The van der Waals surface area contributed by atoms with E-state index in [1.807, 2.05) is 0 Å². The fraction of sp³-hybridized carbons (Fsp3) is 0.333. The Bertz CT molecular complexity index is 63.0. The number of rotatable bonds is 0. The van der Waals surface area contributed by atoms with Crippen molar-refractivity contribution in [1.29, 1.82) is 0 Å². The molecular weight excluding hydrogens is 280 g/mol. The van der Waals surface area contributed by atoms with Gasteiger partial charge in [0.25, 0.3) is 0 Å². The summed E-state index contributed by atoms with van der Waals surface area (Å²) in [5, 5.41) is 0. The monoisotopic (exact) mass is 281 g/mol. The molecule has 1 aliphatic rings. The molecule has 1 radical (unpaired) electrons. The molecule has 0 atom stereocenters. The first-order valence-electron chi connectivity index (χ1n) is 1.44. The van der Waals surface area contributed by atoms with Crippen molar-refractivity contribution < 1.29 is 0 Å². The fourth-order valence-electron chi connectivity index (χ4n) is 0.204. The summed E-state index contributed by atoms with van der Waals surface area (Å²) in [6, 6.07) is 0. The van der Waals surface area contributed by atoms with Gasteiger partial charge in [-0.15, -0.1) is 0 Å². The summed E-state index contributed by atoms with van der Waals surface area (Å²) in [4.78, 5) is 0. The molecule has 25 valence electrons. The molecule has 0 saturated heterocycles. The number of hydrogen-bond acceptors (Lipinski definition) is 0. The maximum absolute atomic E-state index is 3.31. The first kappa shape index (κ1) is 4.53. The van der Waals surface area contributed by atoms with Gasteiger partial charge in [0.1, 0.15) is 0 Å². The van der Waals surface area contributed by atoms with Crippen LogP contribution in [-0.2, 0) is 0 Å². The fourth-order valence-corrected chi connectivity index (χ4v) is 9.19. The Balaban J connectivity index is 2.61. The molecule has 0 nitrogen and oxygen atoms in total. The van der Waals surface area contributed by atoms with Crippen LogP contribution in [0.15, 0.2) is 6.08 Å². The second-order valence-corrected chi connectivity index (χ2v) is 13.2. The van der Waals surface area contributed by atoms with Crippen LogP contribution in [0.4, 0.5) is 0 Å². The molecule has 0 saturated carbocycles. The Hall–Kier alpha value is 1.38. The molecule has 0 unspecified atom stereocenters. The van der Waals surface area contributed by atoms with E-state index in [1.54, 1.807) is 0 Å². The molecule has 1 heterocycles. The van der Waals surface area contributed by atoms with Crippen molar-refractivity contribution in [3.8, 4) is 0 Å². The first-order valence-corrected chi connectivity index (χ1v) is 13.3. The summed E-state index contributed by atoms with van der Waals surface area (Å²) in [5.74, 6) is 0. The molecule has 0 aliphatic carbocycles. The van der Waals surface area contributed by atoms with Crippen molar-refractivity contribution in [2.75, 3.05) is 0 Å². The minimum atomic E-state index is 0.311. The number of allylic oxidation sites excluding steroid dienone is 1. The molecule has 5 heavy (non-hydrogen) atoms. The molecule has 2 heteroatoms. The summed E-state index contributed by atoms with van der Waals surface area (Å²) in [7, 11) is 0. The molecule has 1 rings (SSSR count). The Morgan fingerprint density at radius 3 is 3.00 bits per heavy atom. The van der Waals surface area contributed by atoms with Crippen LogP contribution in [0.25, 0.3) is 0 Å². The van der Waals surface area contributed by atoms with Gasteiger partial charge in [-0.1, -0.05) is 0 Å². The van der Waals surface area contributed by atoms with Crippen molar-refractivity contribution in [3.63, 3.8) is 0 Å². The third-order valence-corrected chi connectivity index (χ3v) is 10.7. The SMILES string of the molecule is [C]1=C[CH2][Sb]=[Sb]1. The van der Waals surface area contributed by atoms with E-state index in [4.69, 9.17) is 0 Å². The van der Waals surface area contributed by atoms with Crippen LogP contribution in [-0.4, -0.2) is 33.7 Å². The second-order valence-electron chi connectivity index (χ2n) is 0.757. The Labute approximate surface area is 47.6 Å². The molecule has 0 aromatic heterocycles. The Kier molecular flexibility index (Phi) is 2.30. The molecular formula is C3H3Sb2. The van der Waals surface area contributed by atoms with Crippen molar-refractivity contribution in [2.45, 2.75) is 4.37 Å². The first-order chi connectivity index (χ1) is 2.50. The molecule has 0 spiro atoms. The molecule has 1 aliphatic heterocycles. The average Bonchev–Trinajstić information content (AvgIpc) is 1.76. The van der Waals surface area contributed by atoms with Crippen LogP contribution in [0, 0.1) is 4.02 Å². The van der Waals surface area contributed by atoms with Gasteiger partial charge >= 0.3 is 48.1 Å². The van der Waals surface area contributed by atoms with E-state index in [-0.39, 0.29) is 0 Å². The molecule has 0 amide bonds. The zero-order chi connectivity index (χ0) is 3.54. The third-order valence-electron chi connectivity index (χ3n) is 0.393. The van der Waals surface area contributed by atoms with Gasteiger partial charge < -0.3 is 0 Å². The van der Waals surface area contributed by atoms with E-state index >= 15 is 0 Å². The number of hydrogen-bond donors (Lipinski definition) is 0. The quantitative estimate of drug-likeness (QED) is 0.551. The van der Waals surface area contributed by atoms with Crippen LogP contribution in [0.5, 0.6) is 0 Å². The van der Waals surface area contributed by atoms with Crippen LogP contribution >= 0.6 is 0 Å². The molecule has 0 bridgehead atoms. The van der Waals surface area contributed by atoms with E-state index < -0.39 is 0 Å². The summed E-state index contributed by atoms with van der Waals surface area (Å²) in [6.45, 7) is 0. The summed E-state index contributed by atoms with van der Waals surface area (Å²) in [6.07, 6.45) is 2.24. The molecule has 0 fully saturated rings. The summed E-state index contributed by atoms with van der Waals surface area (Å²) < 4.78 is 4.79. The van der Waals surface area contributed by atoms with Gasteiger partial charge in [0.15, 0.2) is 0 Å². The zero-order valence-corrected chi connectivity index (χ0v) is 7.78. The van der Waals surface area contributed by atoms with Crippen molar-refractivity contribution in [3.05, 3.63) is 10.1 Å². The van der Waals surface area contributed by atoms with E-state index in [9.17, 15) is 0 Å². The van der Waals surface area contributed by atoms with Crippen molar-refractivity contribution in [2.24, 2.45) is 0 Å². The predicted octanol–water partition coefficient (Wildman–Crippen LogP) is 0.0586. The summed E-state index contributed by atoms with van der Waals surface area (Å²) >= 11 is 0.761. The molecule has 0 aromatic rings. The van der Waals surface area contributed by atoms with Crippen molar-refractivity contribution in [1.82, 2.24) is 0 Å². The van der Waals surface area contributed by atoms with Crippen LogP contribution in [0.2, 0.25) is 4.37 Å². The van der Waals surface area contributed by atoms with E-state index in [0.29, 0.717) is 33.7 Å². The van der Waals surface area contributed by atoms with Gasteiger partial charge in [0.2, 0.25) is 0 Å². The van der Waals surface area contributed by atoms with Crippen LogP contribution < -0.4 is 0 Å². The van der Waals surface area contributed by atoms with Crippen LogP contribution in [0.1, 0.15) is 0 Å². The van der Waals surface area contributed by atoms with Crippen molar-refractivity contribution >= 4 is 33.7 Å². The van der Waals surface area contributed by atoms with E-state index in [2.05, 4.69) is 10.1 Å². The van der Waals surface area contributed by atoms with Crippen LogP contribution in [0.3, 0.4) is 0 Å². The minimum absolute atomic E-state index is 0.311. The molecule has 0 aromatic carbocycles. The van der Waals surface area contributed by atoms with Gasteiger partial charge in [-0.3, -0.25) is 0 Å². The Morgan fingerprint density at radius 2 is 2.80 bits per heavy atom. The third kappa shape index (κ3) is 1.51. The zero-order valence-electron chi connectivity index (χ0n) is 2.68. The predicted molar refractivity (Wildman–Crippen MR) is 24.1 cm³/mol. The van der Waals surface area contributed by atoms with E-state index in [1.165, 1.54) is 4.37 Å². The second kappa shape index (κ2) is 2.53.